The molecule has 0 bridgehead atoms. The number of pyridine rings is 1. The van der Waals surface area contributed by atoms with Gasteiger partial charge in [-0.2, -0.15) is 0 Å². The van der Waals surface area contributed by atoms with Gasteiger partial charge in [0, 0.05) is 25.9 Å². The molecule has 1 heterocycles. The van der Waals surface area contributed by atoms with Gasteiger partial charge < -0.3 is 14.8 Å². The first-order valence-electron chi connectivity index (χ1n) is 5.00. The summed E-state index contributed by atoms with van der Waals surface area (Å²) in [4.78, 5) is 4.20. The van der Waals surface area contributed by atoms with E-state index in [1.165, 1.54) is 0 Å². The van der Waals surface area contributed by atoms with E-state index in [2.05, 4.69) is 10.3 Å². The van der Waals surface area contributed by atoms with Crippen molar-refractivity contribution in [2.75, 3.05) is 26.1 Å². The average molecular weight is 210 g/mol. The molecule has 1 rings (SSSR count). The van der Waals surface area contributed by atoms with Crippen molar-refractivity contribution in [2.45, 2.75) is 19.6 Å². The van der Waals surface area contributed by atoms with Gasteiger partial charge in [0.25, 0.3) is 0 Å². The lowest BCUT2D eigenvalue weighted by molar-refractivity contribution is 0.00000107. The minimum atomic E-state index is 0.0971. The molecule has 1 N–H and O–H groups in total. The molecule has 1 atom stereocenters. The van der Waals surface area contributed by atoms with Crippen molar-refractivity contribution in [1.29, 1.82) is 0 Å². The normalized spacial score (nSPS) is 12.5. The van der Waals surface area contributed by atoms with Crippen molar-refractivity contribution >= 4 is 5.82 Å². The largest absolute Gasteiger partial charge is 0.382 e. The Hall–Kier alpha value is -1.13. The number of hydrogen-bond donors (Lipinski definition) is 1. The fourth-order valence-corrected chi connectivity index (χ4v) is 1.30. The Morgan fingerprint density at radius 1 is 1.53 bits per heavy atom. The third kappa shape index (κ3) is 3.85. The van der Waals surface area contributed by atoms with E-state index in [1.807, 2.05) is 26.1 Å². The van der Waals surface area contributed by atoms with Crippen LogP contribution in [-0.2, 0) is 16.1 Å². The summed E-state index contributed by atoms with van der Waals surface area (Å²) in [5, 5.41) is 3.03. The summed E-state index contributed by atoms with van der Waals surface area (Å²) in [5.74, 6) is 0.863. The summed E-state index contributed by atoms with van der Waals surface area (Å²) in [6, 6.07) is 3.90. The summed E-state index contributed by atoms with van der Waals surface area (Å²) in [7, 11) is 3.52. The predicted octanol–water partition coefficient (Wildman–Crippen LogP) is 1.67. The van der Waals surface area contributed by atoms with Crippen LogP contribution in [0.15, 0.2) is 18.3 Å². The van der Waals surface area contributed by atoms with E-state index < -0.39 is 0 Å². The van der Waals surface area contributed by atoms with Crippen LogP contribution >= 0.6 is 0 Å². The summed E-state index contributed by atoms with van der Waals surface area (Å²) < 4.78 is 10.6. The average Bonchev–Trinajstić information content (AvgIpc) is 2.27. The zero-order chi connectivity index (χ0) is 11.1. The second-order valence-corrected chi connectivity index (χ2v) is 3.34. The minimum absolute atomic E-state index is 0.0971. The third-order valence-corrected chi connectivity index (χ3v) is 2.05. The fraction of sp³-hybridized carbons (Fsp3) is 0.545. The van der Waals surface area contributed by atoms with Crippen molar-refractivity contribution in [2.24, 2.45) is 0 Å². The minimum Gasteiger partial charge on any atom is -0.382 e. The highest BCUT2D eigenvalue weighted by atomic mass is 16.5. The zero-order valence-electron chi connectivity index (χ0n) is 9.49. The molecule has 15 heavy (non-hydrogen) atoms. The Kier molecular flexibility index (Phi) is 5.07. The summed E-state index contributed by atoms with van der Waals surface area (Å²) >= 11 is 0. The Bertz CT molecular complexity index is 292. The van der Waals surface area contributed by atoms with Crippen molar-refractivity contribution in [3.05, 3.63) is 23.9 Å². The SMILES string of the molecule is CNc1ncccc1COC(C)COC. The van der Waals surface area contributed by atoms with Crippen molar-refractivity contribution in [1.82, 2.24) is 4.98 Å². The maximum Gasteiger partial charge on any atom is 0.131 e. The summed E-state index contributed by atoms with van der Waals surface area (Å²) in [5.41, 5.74) is 1.06. The predicted molar refractivity (Wildman–Crippen MR) is 59.9 cm³/mol. The van der Waals surface area contributed by atoms with E-state index in [0.29, 0.717) is 13.2 Å². The molecule has 0 saturated heterocycles. The Morgan fingerprint density at radius 3 is 3.00 bits per heavy atom. The third-order valence-electron chi connectivity index (χ3n) is 2.05. The van der Waals surface area contributed by atoms with Crippen LogP contribution in [0.3, 0.4) is 0 Å². The molecule has 4 nitrogen and oxygen atoms in total. The van der Waals surface area contributed by atoms with Crippen LogP contribution in [-0.4, -0.2) is 31.9 Å². The molecule has 1 aromatic rings. The first kappa shape index (κ1) is 11.9. The Morgan fingerprint density at radius 2 is 2.33 bits per heavy atom. The smallest absolute Gasteiger partial charge is 0.131 e. The van der Waals surface area contributed by atoms with E-state index >= 15 is 0 Å². The monoisotopic (exact) mass is 210 g/mol. The highest BCUT2D eigenvalue weighted by molar-refractivity contribution is 5.42. The van der Waals surface area contributed by atoms with Gasteiger partial charge in [-0.05, 0) is 13.0 Å². The van der Waals surface area contributed by atoms with Gasteiger partial charge in [0.15, 0.2) is 0 Å². The molecule has 0 radical (unpaired) electrons. The number of anilines is 1. The van der Waals surface area contributed by atoms with E-state index in [-0.39, 0.29) is 6.10 Å². The zero-order valence-corrected chi connectivity index (χ0v) is 9.49. The molecule has 0 aliphatic heterocycles. The first-order valence-corrected chi connectivity index (χ1v) is 5.00. The van der Waals surface area contributed by atoms with E-state index in [9.17, 15) is 0 Å². The summed E-state index contributed by atoms with van der Waals surface area (Å²) in [6.07, 6.45) is 1.85. The number of ether oxygens (including phenoxy) is 2. The maximum atomic E-state index is 5.61. The number of hydrogen-bond acceptors (Lipinski definition) is 4. The van der Waals surface area contributed by atoms with Gasteiger partial charge in [-0.15, -0.1) is 0 Å². The van der Waals surface area contributed by atoms with Gasteiger partial charge in [0.1, 0.15) is 5.82 Å². The molecular weight excluding hydrogens is 192 g/mol. The van der Waals surface area contributed by atoms with Gasteiger partial charge in [-0.3, -0.25) is 0 Å². The van der Waals surface area contributed by atoms with Gasteiger partial charge >= 0.3 is 0 Å². The summed E-state index contributed by atoms with van der Waals surface area (Å²) in [6.45, 7) is 3.14. The molecule has 0 aromatic carbocycles. The van der Waals surface area contributed by atoms with E-state index in [0.717, 1.165) is 11.4 Å². The van der Waals surface area contributed by atoms with Crippen LogP contribution in [0.2, 0.25) is 0 Å². The standard InChI is InChI=1S/C11H18N2O2/c1-9(7-14-3)15-8-10-5-4-6-13-11(10)12-2/h4-6,9H,7-8H2,1-3H3,(H,12,13). The molecule has 84 valence electrons. The molecule has 0 spiro atoms. The van der Waals surface area contributed by atoms with Crippen molar-refractivity contribution in [3.8, 4) is 0 Å². The van der Waals surface area contributed by atoms with Gasteiger partial charge in [-0.25, -0.2) is 4.98 Å². The number of methoxy groups -OCH3 is 1. The molecule has 0 aliphatic carbocycles. The molecular formula is C11H18N2O2. The van der Waals surface area contributed by atoms with Crippen LogP contribution in [0.5, 0.6) is 0 Å². The van der Waals surface area contributed by atoms with Crippen LogP contribution in [0.4, 0.5) is 5.82 Å². The van der Waals surface area contributed by atoms with Gasteiger partial charge in [-0.1, -0.05) is 6.07 Å². The molecule has 4 heteroatoms. The second kappa shape index (κ2) is 6.37. The lowest BCUT2D eigenvalue weighted by Gasteiger charge is -2.13. The highest BCUT2D eigenvalue weighted by Gasteiger charge is 2.05. The van der Waals surface area contributed by atoms with Crippen molar-refractivity contribution in [3.63, 3.8) is 0 Å². The molecule has 0 aliphatic rings. The Balaban J connectivity index is 2.49. The topological polar surface area (TPSA) is 43.4 Å². The van der Waals surface area contributed by atoms with Crippen LogP contribution in [0.25, 0.3) is 0 Å². The van der Waals surface area contributed by atoms with Crippen molar-refractivity contribution < 1.29 is 9.47 Å². The maximum absolute atomic E-state index is 5.61. The number of nitrogens with one attached hydrogen (secondary N) is 1. The number of rotatable bonds is 6. The first-order chi connectivity index (χ1) is 7.27. The number of nitrogens with zero attached hydrogens (tertiary/aromatic N) is 1. The fourth-order valence-electron chi connectivity index (χ4n) is 1.30. The highest BCUT2D eigenvalue weighted by Crippen LogP contribution is 2.12. The Labute approximate surface area is 90.6 Å². The van der Waals surface area contributed by atoms with Crippen LogP contribution < -0.4 is 5.32 Å². The quantitative estimate of drug-likeness (QED) is 0.775. The lowest BCUT2D eigenvalue weighted by Crippen LogP contribution is -2.15. The van der Waals surface area contributed by atoms with E-state index in [4.69, 9.17) is 9.47 Å². The van der Waals surface area contributed by atoms with Crippen LogP contribution in [0.1, 0.15) is 12.5 Å². The lowest BCUT2D eigenvalue weighted by atomic mass is 10.2. The molecule has 0 saturated carbocycles. The number of aromatic nitrogens is 1. The molecule has 1 aromatic heterocycles. The van der Waals surface area contributed by atoms with Gasteiger partial charge in [0.2, 0.25) is 0 Å². The van der Waals surface area contributed by atoms with E-state index in [1.54, 1.807) is 13.3 Å². The van der Waals surface area contributed by atoms with Crippen LogP contribution in [0, 0.1) is 0 Å². The second-order valence-electron chi connectivity index (χ2n) is 3.34. The molecule has 0 fully saturated rings. The molecule has 0 amide bonds. The molecule has 1 unspecified atom stereocenters. The van der Waals surface area contributed by atoms with Gasteiger partial charge in [0.05, 0.1) is 19.3 Å².